The maximum absolute atomic E-state index is 13.2. The number of piperidine rings is 1. The molecule has 0 radical (unpaired) electrons. The van der Waals surface area contributed by atoms with Gasteiger partial charge in [0.15, 0.2) is 0 Å². The molecule has 0 aromatic carbocycles. The molecule has 9 heteroatoms. The van der Waals surface area contributed by atoms with E-state index in [-0.39, 0.29) is 35.9 Å². The Morgan fingerprint density at radius 2 is 1.97 bits per heavy atom. The van der Waals surface area contributed by atoms with Crippen LogP contribution in [0.1, 0.15) is 66.6 Å². The van der Waals surface area contributed by atoms with Gasteiger partial charge >= 0.3 is 0 Å². The van der Waals surface area contributed by atoms with E-state index in [4.69, 9.17) is 4.98 Å². The van der Waals surface area contributed by atoms with E-state index < -0.39 is 0 Å². The van der Waals surface area contributed by atoms with Gasteiger partial charge in [-0.25, -0.2) is 4.98 Å². The first-order chi connectivity index (χ1) is 15.4. The number of aromatic nitrogens is 4. The number of hydrogen-bond acceptors (Lipinski definition) is 5. The molecule has 1 saturated carbocycles. The van der Waals surface area contributed by atoms with Crippen molar-refractivity contribution >= 4 is 11.8 Å². The first-order valence-corrected chi connectivity index (χ1v) is 11.6. The van der Waals surface area contributed by atoms with E-state index in [0.717, 1.165) is 43.5 Å². The molecule has 2 fully saturated rings. The largest absolute Gasteiger partial charge is 0.336 e. The van der Waals surface area contributed by atoms with E-state index in [9.17, 15) is 14.4 Å². The minimum absolute atomic E-state index is 0.0215. The first-order valence-electron chi connectivity index (χ1n) is 11.6. The van der Waals surface area contributed by atoms with Gasteiger partial charge in [-0.3, -0.25) is 19.1 Å². The Balaban J connectivity index is 1.40. The van der Waals surface area contributed by atoms with Crippen molar-refractivity contribution in [3.05, 3.63) is 44.9 Å². The summed E-state index contributed by atoms with van der Waals surface area (Å²) in [5, 5.41) is 4.42. The number of aromatic amines is 1. The normalized spacial score (nSPS) is 20.9. The second-order valence-electron chi connectivity index (χ2n) is 9.34. The van der Waals surface area contributed by atoms with E-state index in [2.05, 4.69) is 10.1 Å². The van der Waals surface area contributed by atoms with Crippen molar-refractivity contribution < 1.29 is 9.59 Å². The second kappa shape index (κ2) is 8.18. The number of amides is 2. The van der Waals surface area contributed by atoms with Crippen molar-refractivity contribution in [2.75, 3.05) is 13.1 Å². The van der Waals surface area contributed by atoms with E-state index in [0.29, 0.717) is 43.1 Å². The Kier molecular flexibility index (Phi) is 5.35. The van der Waals surface area contributed by atoms with Crippen LogP contribution in [0, 0.1) is 19.8 Å². The number of rotatable bonds is 4. The summed E-state index contributed by atoms with van der Waals surface area (Å²) >= 11 is 0. The van der Waals surface area contributed by atoms with Crippen molar-refractivity contribution in [3.63, 3.8) is 0 Å². The topological polar surface area (TPSA) is 104 Å². The third kappa shape index (κ3) is 3.96. The molecule has 1 atom stereocenters. The summed E-state index contributed by atoms with van der Waals surface area (Å²) in [4.78, 5) is 50.0. The first kappa shape index (κ1) is 20.9. The molecule has 9 nitrogen and oxygen atoms in total. The van der Waals surface area contributed by atoms with Crippen LogP contribution in [0.4, 0.5) is 0 Å². The van der Waals surface area contributed by atoms with Crippen LogP contribution in [-0.2, 0) is 29.1 Å². The zero-order chi connectivity index (χ0) is 22.4. The Labute approximate surface area is 186 Å². The number of H-pyrrole nitrogens is 1. The SMILES string of the molecule is Cc1cc(C)n(CC(=O)N2CCCCC2c2nc3c(c(=O)[nH]2)CCN(C(=O)C2CC2)C3)n1. The van der Waals surface area contributed by atoms with Crippen molar-refractivity contribution in [3.8, 4) is 0 Å². The highest BCUT2D eigenvalue weighted by atomic mass is 16.2. The van der Waals surface area contributed by atoms with Crippen molar-refractivity contribution in [1.29, 1.82) is 0 Å². The maximum atomic E-state index is 13.2. The third-order valence-electron chi connectivity index (χ3n) is 6.86. The maximum Gasteiger partial charge on any atom is 0.254 e. The molecular formula is C23H30N6O3. The molecule has 4 heterocycles. The average molecular weight is 439 g/mol. The summed E-state index contributed by atoms with van der Waals surface area (Å²) in [6, 6.07) is 1.69. The Morgan fingerprint density at radius 1 is 1.16 bits per heavy atom. The predicted molar refractivity (Wildman–Crippen MR) is 117 cm³/mol. The van der Waals surface area contributed by atoms with Crippen LogP contribution in [0.2, 0.25) is 0 Å². The van der Waals surface area contributed by atoms with Crippen LogP contribution in [0.5, 0.6) is 0 Å². The number of nitrogens with zero attached hydrogens (tertiary/aromatic N) is 5. The molecule has 3 aliphatic rings. The minimum atomic E-state index is -0.263. The number of carbonyl (C=O) groups excluding carboxylic acids is 2. The summed E-state index contributed by atoms with van der Waals surface area (Å²) in [5.41, 5.74) is 3.05. The van der Waals surface area contributed by atoms with Gasteiger partial charge in [-0.1, -0.05) is 0 Å². The lowest BCUT2D eigenvalue weighted by atomic mass is 10.00. The minimum Gasteiger partial charge on any atom is -0.336 e. The number of aryl methyl sites for hydroxylation is 2. The van der Waals surface area contributed by atoms with Gasteiger partial charge < -0.3 is 14.8 Å². The lowest BCUT2D eigenvalue weighted by Crippen LogP contribution is -2.43. The van der Waals surface area contributed by atoms with Crippen LogP contribution >= 0.6 is 0 Å². The van der Waals surface area contributed by atoms with Gasteiger partial charge in [-0.05, 0) is 58.4 Å². The number of fused-ring (bicyclic) bond motifs is 1. The molecule has 1 aliphatic carbocycles. The van der Waals surface area contributed by atoms with E-state index in [1.807, 2.05) is 29.7 Å². The van der Waals surface area contributed by atoms with Gasteiger partial charge in [0.2, 0.25) is 11.8 Å². The van der Waals surface area contributed by atoms with Gasteiger partial charge in [-0.15, -0.1) is 0 Å². The van der Waals surface area contributed by atoms with Gasteiger partial charge in [0.1, 0.15) is 12.4 Å². The summed E-state index contributed by atoms with van der Waals surface area (Å²) in [6.45, 7) is 5.62. The molecule has 0 spiro atoms. The fourth-order valence-corrected chi connectivity index (χ4v) is 4.96. The molecule has 2 aromatic heterocycles. The molecule has 2 aliphatic heterocycles. The molecule has 0 bridgehead atoms. The highest BCUT2D eigenvalue weighted by Gasteiger charge is 2.36. The molecule has 32 heavy (non-hydrogen) atoms. The monoisotopic (exact) mass is 438 g/mol. The lowest BCUT2D eigenvalue weighted by molar-refractivity contribution is -0.136. The second-order valence-corrected chi connectivity index (χ2v) is 9.34. The quantitative estimate of drug-likeness (QED) is 0.781. The van der Waals surface area contributed by atoms with Gasteiger partial charge in [0, 0.05) is 30.3 Å². The van der Waals surface area contributed by atoms with Crippen LogP contribution in [0.15, 0.2) is 10.9 Å². The summed E-state index contributed by atoms with van der Waals surface area (Å²) in [5.74, 6) is 0.847. The predicted octanol–water partition coefficient (Wildman–Crippen LogP) is 1.63. The third-order valence-corrected chi connectivity index (χ3v) is 6.86. The molecule has 1 saturated heterocycles. The zero-order valence-electron chi connectivity index (χ0n) is 18.8. The van der Waals surface area contributed by atoms with Crippen LogP contribution in [0.25, 0.3) is 0 Å². The van der Waals surface area contributed by atoms with Crippen LogP contribution in [0.3, 0.4) is 0 Å². The van der Waals surface area contributed by atoms with E-state index in [1.54, 1.807) is 4.68 Å². The van der Waals surface area contributed by atoms with Crippen LogP contribution < -0.4 is 5.56 Å². The van der Waals surface area contributed by atoms with Gasteiger partial charge in [0.25, 0.3) is 5.56 Å². The highest BCUT2D eigenvalue weighted by Crippen LogP contribution is 2.33. The molecule has 1 unspecified atom stereocenters. The van der Waals surface area contributed by atoms with Gasteiger partial charge in [0.05, 0.1) is 24.0 Å². The fourth-order valence-electron chi connectivity index (χ4n) is 4.96. The smallest absolute Gasteiger partial charge is 0.254 e. The summed E-state index contributed by atoms with van der Waals surface area (Å²) in [7, 11) is 0. The standard InChI is InChI=1S/C23H30N6O3/c1-14-11-15(2)29(26-14)13-20(30)28-9-4-3-5-19(28)21-24-18-12-27(23(32)16-6-7-16)10-8-17(18)22(31)25-21/h11,16,19H,3-10,12-13H2,1-2H3,(H,24,25,31). The lowest BCUT2D eigenvalue weighted by Gasteiger charge is -2.36. The summed E-state index contributed by atoms with van der Waals surface area (Å²) < 4.78 is 1.73. The molecule has 2 aromatic rings. The van der Waals surface area contributed by atoms with Crippen molar-refractivity contribution in [2.45, 2.75) is 71.5 Å². The zero-order valence-corrected chi connectivity index (χ0v) is 18.8. The van der Waals surface area contributed by atoms with Crippen molar-refractivity contribution in [2.24, 2.45) is 5.92 Å². The van der Waals surface area contributed by atoms with Gasteiger partial charge in [-0.2, -0.15) is 5.10 Å². The number of hydrogen-bond donors (Lipinski definition) is 1. The number of nitrogens with one attached hydrogen (secondary N) is 1. The molecule has 170 valence electrons. The fraction of sp³-hybridized carbons (Fsp3) is 0.609. The van der Waals surface area contributed by atoms with Crippen LogP contribution in [-0.4, -0.2) is 54.5 Å². The Morgan fingerprint density at radius 3 is 2.69 bits per heavy atom. The number of likely N-dealkylation sites (tertiary alicyclic amines) is 1. The Hall–Kier alpha value is -2.97. The summed E-state index contributed by atoms with van der Waals surface area (Å²) in [6.07, 6.45) is 5.12. The highest BCUT2D eigenvalue weighted by molar-refractivity contribution is 5.81. The van der Waals surface area contributed by atoms with E-state index in [1.165, 1.54) is 0 Å². The average Bonchev–Trinajstić information content (AvgIpc) is 3.58. The number of carbonyl (C=O) groups is 2. The molecule has 2 amide bonds. The molecule has 5 rings (SSSR count). The Bertz CT molecular complexity index is 1120. The molecule has 1 N–H and O–H groups in total. The van der Waals surface area contributed by atoms with Crippen molar-refractivity contribution in [1.82, 2.24) is 29.5 Å². The van der Waals surface area contributed by atoms with E-state index >= 15 is 0 Å². The molecular weight excluding hydrogens is 408 g/mol.